The molecular formula is C12H23N5O2S. The van der Waals surface area contributed by atoms with Crippen molar-refractivity contribution in [3.05, 3.63) is 11.9 Å². The van der Waals surface area contributed by atoms with Crippen molar-refractivity contribution in [2.24, 2.45) is 0 Å². The number of hydrogen-bond acceptors (Lipinski definition) is 6. The number of rotatable bonds is 9. The zero-order valence-corrected chi connectivity index (χ0v) is 13.0. The first kappa shape index (κ1) is 16.6. The van der Waals surface area contributed by atoms with Gasteiger partial charge >= 0.3 is 0 Å². The Labute approximate surface area is 120 Å². The van der Waals surface area contributed by atoms with Gasteiger partial charge in [0.15, 0.2) is 0 Å². The molecule has 7 nitrogen and oxygen atoms in total. The highest BCUT2D eigenvalue weighted by Crippen LogP contribution is 2.11. The van der Waals surface area contributed by atoms with Crippen molar-refractivity contribution in [3.8, 4) is 0 Å². The van der Waals surface area contributed by atoms with Crippen molar-refractivity contribution >= 4 is 21.7 Å². The molecule has 0 unspecified atom stereocenters. The Morgan fingerprint density at radius 2 is 1.70 bits per heavy atom. The molecule has 0 aliphatic rings. The van der Waals surface area contributed by atoms with Gasteiger partial charge in [0.25, 0.3) is 0 Å². The molecule has 20 heavy (non-hydrogen) atoms. The van der Waals surface area contributed by atoms with Crippen LogP contribution in [0.4, 0.5) is 11.6 Å². The summed E-state index contributed by atoms with van der Waals surface area (Å²) in [5.41, 5.74) is 0. The Morgan fingerprint density at radius 3 is 2.25 bits per heavy atom. The molecule has 1 heterocycles. The van der Waals surface area contributed by atoms with E-state index in [0.717, 1.165) is 24.6 Å². The molecule has 0 fully saturated rings. The lowest BCUT2D eigenvalue weighted by Crippen LogP contribution is -2.29. The molecule has 0 saturated heterocycles. The summed E-state index contributed by atoms with van der Waals surface area (Å²) in [6.45, 7) is 7.20. The summed E-state index contributed by atoms with van der Waals surface area (Å²) in [6.07, 6.45) is 0.726. The Balaban J connectivity index is 2.65. The van der Waals surface area contributed by atoms with Crippen LogP contribution in [0.5, 0.6) is 0 Å². The fourth-order valence-electron chi connectivity index (χ4n) is 1.62. The lowest BCUT2D eigenvalue weighted by atomic mass is 10.4. The lowest BCUT2D eigenvalue weighted by molar-refractivity contribution is 0.584. The van der Waals surface area contributed by atoms with Gasteiger partial charge in [-0.3, -0.25) is 0 Å². The van der Waals surface area contributed by atoms with E-state index < -0.39 is 10.0 Å². The van der Waals surface area contributed by atoms with E-state index in [0.29, 0.717) is 18.9 Å². The van der Waals surface area contributed by atoms with Crippen molar-refractivity contribution in [2.75, 3.05) is 36.0 Å². The lowest BCUT2D eigenvalue weighted by Gasteiger charge is -2.10. The van der Waals surface area contributed by atoms with Crippen molar-refractivity contribution < 1.29 is 8.42 Å². The maximum atomic E-state index is 11.5. The minimum absolute atomic E-state index is 0.0167. The first-order valence-corrected chi connectivity index (χ1v) is 8.49. The van der Waals surface area contributed by atoms with E-state index in [-0.39, 0.29) is 5.75 Å². The zero-order valence-electron chi connectivity index (χ0n) is 12.2. The molecular weight excluding hydrogens is 278 g/mol. The number of sulfonamides is 1. The third kappa shape index (κ3) is 5.70. The van der Waals surface area contributed by atoms with Crippen LogP contribution >= 0.6 is 0 Å². The number of aryl methyl sites for hydroxylation is 1. The van der Waals surface area contributed by atoms with Crippen LogP contribution in [-0.2, 0) is 16.4 Å². The number of aromatic nitrogens is 2. The molecule has 114 valence electrons. The van der Waals surface area contributed by atoms with Gasteiger partial charge in [-0.25, -0.2) is 23.1 Å². The highest BCUT2D eigenvalue weighted by Gasteiger charge is 2.08. The Morgan fingerprint density at radius 1 is 1.05 bits per heavy atom. The van der Waals surface area contributed by atoms with Gasteiger partial charge in [0, 0.05) is 32.1 Å². The van der Waals surface area contributed by atoms with Crippen LogP contribution < -0.4 is 15.4 Å². The average Bonchev–Trinajstić information content (AvgIpc) is 2.38. The molecule has 0 spiro atoms. The second-order valence-electron chi connectivity index (χ2n) is 4.18. The van der Waals surface area contributed by atoms with E-state index in [9.17, 15) is 8.42 Å². The molecule has 0 aliphatic carbocycles. The fourth-order valence-corrected chi connectivity index (χ4v) is 2.58. The zero-order chi connectivity index (χ0) is 15.0. The topological polar surface area (TPSA) is 96.0 Å². The third-order valence-electron chi connectivity index (χ3n) is 2.49. The predicted octanol–water partition coefficient (Wildman–Crippen LogP) is 0.822. The Hall–Kier alpha value is -1.41. The normalized spacial score (nSPS) is 11.3. The van der Waals surface area contributed by atoms with Gasteiger partial charge in [0.05, 0.1) is 5.75 Å². The highest BCUT2D eigenvalue weighted by molar-refractivity contribution is 7.89. The summed E-state index contributed by atoms with van der Waals surface area (Å²) in [5.74, 6) is 2.12. The number of hydrogen-bond donors (Lipinski definition) is 3. The summed E-state index contributed by atoms with van der Waals surface area (Å²) >= 11 is 0. The summed E-state index contributed by atoms with van der Waals surface area (Å²) in [6, 6.07) is 1.78. The van der Waals surface area contributed by atoms with E-state index in [4.69, 9.17) is 0 Å². The van der Waals surface area contributed by atoms with Crippen LogP contribution in [0.3, 0.4) is 0 Å². The van der Waals surface area contributed by atoms with Crippen molar-refractivity contribution in [2.45, 2.75) is 27.2 Å². The standard InChI is InChI=1S/C12H23N5O2S/c1-4-10-16-11(13-5-2)9-12(17-10)14-7-8-20(18,19)15-6-3/h9,15H,4-8H2,1-3H3,(H2,13,14,16,17). The van der Waals surface area contributed by atoms with Crippen LogP contribution in [0.25, 0.3) is 0 Å². The quantitative estimate of drug-likeness (QED) is 0.625. The smallest absolute Gasteiger partial charge is 0.213 e. The highest BCUT2D eigenvalue weighted by atomic mass is 32.2. The van der Waals surface area contributed by atoms with E-state index in [1.807, 2.05) is 13.8 Å². The molecule has 0 radical (unpaired) electrons. The molecule has 3 N–H and O–H groups in total. The minimum atomic E-state index is -3.21. The van der Waals surface area contributed by atoms with Gasteiger partial charge in [-0.05, 0) is 6.92 Å². The van der Waals surface area contributed by atoms with Crippen molar-refractivity contribution in [1.29, 1.82) is 0 Å². The van der Waals surface area contributed by atoms with Crippen LogP contribution in [0.15, 0.2) is 6.07 Å². The van der Waals surface area contributed by atoms with Crippen LogP contribution in [0, 0.1) is 0 Å². The molecule has 1 aromatic rings. The Bertz CT molecular complexity index is 519. The molecule has 8 heteroatoms. The van der Waals surface area contributed by atoms with Gasteiger partial charge in [0.1, 0.15) is 17.5 Å². The molecule has 1 rings (SSSR count). The molecule has 0 amide bonds. The minimum Gasteiger partial charge on any atom is -0.370 e. The summed E-state index contributed by atoms with van der Waals surface area (Å²) in [7, 11) is -3.21. The van der Waals surface area contributed by atoms with Gasteiger partial charge < -0.3 is 10.6 Å². The predicted molar refractivity (Wildman–Crippen MR) is 81.5 cm³/mol. The average molecular weight is 301 g/mol. The Kier molecular flexibility index (Phi) is 6.66. The first-order valence-electron chi connectivity index (χ1n) is 6.83. The summed E-state index contributed by atoms with van der Waals surface area (Å²) < 4.78 is 25.5. The molecule has 0 saturated carbocycles. The van der Waals surface area contributed by atoms with E-state index in [2.05, 4.69) is 25.3 Å². The summed E-state index contributed by atoms with van der Waals surface area (Å²) in [4.78, 5) is 8.66. The third-order valence-corrected chi connectivity index (χ3v) is 3.96. The number of nitrogens with zero attached hydrogens (tertiary/aromatic N) is 2. The fraction of sp³-hybridized carbons (Fsp3) is 0.667. The van der Waals surface area contributed by atoms with Gasteiger partial charge in [-0.1, -0.05) is 13.8 Å². The van der Waals surface area contributed by atoms with E-state index >= 15 is 0 Å². The molecule has 0 aromatic carbocycles. The van der Waals surface area contributed by atoms with Crippen molar-refractivity contribution in [1.82, 2.24) is 14.7 Å². The van der Waals surface area contributed by atoms with Crippen LogP contribution in [0.2, 0.25) is 0 Å². The maximum Gasteiger partial charge on any atom is 0.213 e. The largest absolute Gasteiger partial charge is 0.370 e. The second-order valence-corrected chi connectivity index (χ2v) is 6.11. The van der Waals surface area contributed by atoms with Crippen LogP contribution in [-0.4, -0.2) is 43.8 Å². The van der Waals surface area contributed by atoms with Crippen LogP contribution in [0.1, 0.15) is 26.6 Å². The SMILES string of the molecule is CCNc1cc(NCCS(=O)(=O)NCC)nc(CC)n1. The maximum absolute atomic E-state index is 11.5. The number of nitrogens with one attached hydrogen (secondary N) is 3. The van der Waals surface area contributed by atoms with E-state index in [1.54, 1.807) is 13.0 Å². The first-order chi connectivity index (χ1) is 9.50. The van der Waals surface area contributed by atoms with Gasteiger partial charge in [-0.2, -0.15) is 0 Å². The molecule has 0 atom stereocenters. The second kappa shape index (κ2) is 8.01. The van der Waals surface area contributed by atoms with E-state index in [1.165, 1.54) is 0 Å². The van der Waals surface area contributed by atoms with Crippen molar-refractivity contribution in [3.63, 3.8) is 0 Å². The molecule has 1 aromatic heterocycles. The van der Waals surface area contributed by atoms with Gasteiger partial charge in [0.2, 0.25) is 10.0 Å². The molecule has 0 aliphatic heterocycles. The molecule has 0 bridgehead atoms. The monoisotopic (exact) mass is 301 g/mol. The van der Waals surface area contributed by atoms with Gasteiger partial charge in [-0.15, -0.1) is 0 Å². The summed E-state index contributed by atoms with van der Waals surface area (Å²) in [5, 5.41) is 6.15. The number of anilines is 2.